The zero-order chi connectivity index (χ0) is 12.3. The molecular weight excluding hydrogens is 200 g/mol. The summed E-state index contributed by atoms with van der Waals surface area (Å²) in [5.41, 5.74) is 10.9. The number of nitrogens with two attached hydrogens (primary N) is 1. The maximum absolute atomic E-state index is 9.15. The van der Waals surface area contributed by atoms with Crippen LogP contribution in [0.5, 0.6) is 0 Å². The first-order valence-corrected chi connectivity index (χ1v) is 5.63. The van der Waals surface area contributed by atoms with Crippen molar-refractivity contribution in [3.63, 3.8) is 0 Å². The second-order valence-electron chi connectivity index (χ2n) is 4.33. The highest BCUT2D eigenvalue weighted by Gasteiger charge is 2.19. The minimum Gasteiger partial charge on any atom is -0.395 e. The first-order valence-electron chi connectivity index (χ1n) is 5.63. The Morgan fingerprint density at radius 1 is 1.25 bits per heavy atom. The summed E-state index contributed by atoms with van der Waals surface area (Å²) in [5.74, 6) is 0. The van der Waals surface area contributed by atoms with Crippen molar-refractivity contribution in [2.24, 2.45) is 5.73 Å². The molecule has 0 fully saturated rings. The smallest absolute Gasteiger partial charge is 0.0601 e. The van der Waals surface area contributed by atoms with Gasteiger partial charge in [0.2, 0.25) is 0 Å². The van der Waals surface area contributed by atoms with Gasteiger partial charge in [-0.05, 0) is 50.1 Å². The summed E-state index contributed by atoms with van der Waals surface area (Å²) in [7, 11) is 1.87. The van der Waals surface area contributed by atoms with Crippen LogP contribution in [0.4, 0.5) is 0 Å². The predicted molar refractivity (Wildman–Crippen MR) is 67.5 cm³/mol. The number of hydrogen-bond acceptors (Lipinski definition) is 3. The van der Waals surface area contributed by atoms with Crippen LogP contribution < -0.4 is 11.1 Å². The number of nitrogens with one attached hydrogen (secondary N) is 1. The Hall–Kier alpha value is -0.900. The van der Waals surface area contributed by atoms with Crippen molar-refractivity contribution in [3.8, 4) is 0 Å². The highest BCUT2D eigenvalue weighted by Crippen LogP contribution is 2.24. The second kappa shape index (κ2) is 5.43. The lowest BCUT2D eigenvalue weighted by Gasteiger charge is -2.25. The van der Waals surface area contributed by atoms with Crippen LogP contribution in [0.1, 0.15) is 28.3 Å². The van der Waals surface area contributed by atoms with Gasteiger partial charge in [0.15, 0.2) is 0 Å². The number of rotatable bonds is 4. The van der Waals surface area contributed by atoms with Crippen molar-refractivity contribution in [2.75, 3.05) is 13.7 Å². The van der Waals surface area contributed by atoms with Gasteiger partial charge >= 0.3 is 0 Å². The van der Waals surface area contributed by atoms with Crippen LogP contribution in [0.25, 0.3) is 0 Å². The van der Waals surface area contributed by atoms with Gasteiger partial charge in [0.25, 0.3) is 0 Å². The summed E-state index contributed by atoms with van der Waals surface area (Å²) in [6.07, 6.45) is 0. The normalized spacial score (nSPS) is 14.9. The second-order valence-corrected chi connectivity index (χ2v) is 4.33. The first-order chi connectivity index (χ1) is 7.52. The molecule has 0 saturated carbocycles. The Labute approximate surface area is 97.7 Å². The standard InChI is InChI=1S/C13H22N2O/c1-8-5-6-11(10(3)9(8)2)13(15-4)12(14)7-16/h5-6,12-13,15-16H,7,14H2,1-4H3. The van der Waals surface area contributed by atoms with E-state index >= 15 is 0 Å². The number of benzene rings is 1. The Morgan fingerprint density at radius 2 is 1.88 bits per heavy atom. The third-order valence-electron chi connectivity index (χ3n) is 3.38. The molecule has 0 heterocycles. The molecule has 2 unspecified atom stereocenters. The van der Waals surface area contributed by atoms with E-state index in [0.717, 1.165) is 0 Å². The molecule has 0 radical (unpaired) electrons. The molecule has 0 amide bonds. The zero-order valence-electron chi connectivity index (χ0n) is 10.5. The first kappa shape index (κ1) is 13.2. The molecule has 3 heteroatoms. The summed E-state index contributed by atoms with van der Waals surface area (Å²) < 4.78 is 0. The maximum Gasteiger partial charge on any atom is 0.0601 e. The van der Waals surface area contributed by atoms with Crippen LogP contribution >= 0.6 is 0 Å². The lowest BCUT2D eigenvalue weighted by atomic mass is 9.91. The molecule has 0 aromatic heterocycles. The van der Waals surface area contributed by atoms with Crippen LogP contribution in [0, 0.1) is 20.8 Å². The summed E-state index contributed by atoms with van der Waals surface area (Å²) >= 11 is 0. The summed E-state index contributed by atoms with van der Waals surface area (Å²) in [5, 5.41) is 12.3. The number of aryl methyl sites for hydroxylation is 1. The summed E-state index contributed by atoms with van der Waals surface area (Å²) in [6.45, 7) is 6.31. The Kier molecular flexibility index (Phi) is 4.47. The van der Waals surface area contributed by atoms with E-state index in [-0.39, 0.29) is 18.7 Å². The van der Waals surface area contributed by atoms with E-state index in [4.69, 9.17) is 10.8 Å². The van der Waals surface area contributed by atoms with Gasteiger partial charge in [-0.1, -0.05) is 12.1 Å². The fourth-order valence-electron chi connectivity index (χ4n) is 2.02. The third-order valence-corrected chi connectivity index (χ3v) is 3.38. The highest BCUT2D eigenvalue weighted by molar-refractivity contribution is 5.40. The quantitative estimate of drug-likeness (QED) is 0.717. The predicted octanol–water partition coefficient (Wildman–Crippen LogP) is 1.19. The molecule has 90 valence electrons. The maximum atomic E-state index is 9.15. The monoisotopic (exact) mass is 222 g/mol. The molecule has 0 aliphatic heterocycles. The lowest BCUT2D eigenvalue weighted by molar-refractivity contribution is 0.240. The van der Waals surface area contributed by atoms with Crippen molar-refractivity contribution in [1.29, 1.82) is 0 Å². The fourth-order valence-corrected chi connectivity index (χ4v) is 2.02. The van der Waals surface area contributed by atoms with E-state index in [2.05, 4.69) is 38.2 Å². The van der Waals surface area contributed by atoms with Gasteiger partial charge in [0.05, 0.1) is 6.61 Å². The van der Waals surface area contributed by atoms with Gasteiger partial charge in [-0.3, -0.25) is 0 Å². The van der Waals surface area contributed by atoms with Gasteiger partial charge in [-0.2, -0.15) is 0 Å². The van der Waals surface area contributed by atoms with Crippen molar-refractivity contribution >= 4 is 0 Å². The van der Waals surface area contributed by atoms with E-state index in [9.17, 15) is 0 Å². The zero-order valence-corrected chi connectivity index (χ0v) is 10.5. The molecular formula is C13H22N2O. The molecule has 1 rings (SSSR count). The number of hydrogen-bond donors (Lipinski definition) is 3. The molecule has 0 aliphatic carbocycles. The minimum absolute atomic E-state index is 0.00398. The average molecular weight is 222 g/mol. The SMILES string of the molecule is CNC(c1ccc(C)c(C)c1C)C(N)CO. The van der Waals surface area contributed by atoms with E-state index in [0.29, 0.717) is 0 Å². The molecule has 0 spiro atoms. The minimum atomic E-state index is -0.272. The Bertz CT molecular complexity index is 363. The van der Waals surface area contributed by atoms with Crippen LogP contribution in [0.2, 0.25) is 0 Å². The van der Waals surface area contributed by atoms with Crippen LogP contribution in [0.3, 0.4) is 0 Å². The third kappa shape index (κ3) is 2.43. The van der Waals surface area contributed by atoms with Gasteiger partial charge in [-0.25, -0.2) is 0 Å². The Morgan fingerprint density at radius 3 is 2.38 bits per heavy atom. The van der Waals surface area contributed by atoms with Gasteiger partial charge in [-0.15, -0.1) is 0 Å². The van der Waals surface area contributed by atoms with E-state index < -0.39 is 0 Å². The van der Waals surface area contributed by atoms with Crippen molar-refractivity contribution < 1.29 is 5.11 Å². The molecule has 16 heavy (non-hydrogen) atoms. The molecule has 1 aromatic carbocycles. The van der Waals surface area contributed by atoms with Crippen molar-refractivity contribution in [3.05, 3.63) is 34.4 Å². The topological polar surface area (TPSA) is 58.3 Å². The van der Waals surface area contributed by atoms with Crippen LogP contribution in [-0.2, 0) is 0 Å². The van der Waals surface area contributed by atoms with E-state index in [1.54, 1.807) is 0 Å². The largest absolute Gasteiger partial charge is 0.395 e. The lowest BCUT2D eigenvalue weighted by Crippen LogP contribution is -2.39. The van der Waals surface area contributed by atoms with Gasteiger partial charge in [0.1, 0.15) is 0 Å². The van der Waals surface area contributed by atoms with E-state index in [1.165, 1.54) is 22.3 Å². The summed E-state index contributed by atoms with van der Waals surface area (Å²) in [6, 6.07) is 3.93. The number of aliphatic hydroxyl groups is 1. The van der Waals surface area contributed by atoms with Crippen LogP contribution in [0.15, 0.2) is 12.1 Å². The Balaban J connectivity index is 3.16. The molecule has 0 aliphatic rings. The molecule has 2 atom stereocenters. The molecule has 0 bridgehead atoms. The molecule has 4 N–H and O–H groups in total. The number of aliphatic hydroxyl groups excluding tert-OH is 1. The van der Waals surface area contributed by atoms with E-state index in [1.807, 2.05) is 7.05 Å². The van der Waals surface area contributed by atoms with Crippen molar-refractivity contribution in [1.82, 2.24) is 5.32 Å². The van der Waals surface area contributed by atoms with Gasteiger partial charge < -0.3 is 16.2 Å². The number of likely N-dealkylation sites (N-methyl/N-ethyl adjacent to an activating group) is 1. The highest BCUT2D eigenvalue weighted by atomic mass is 16.3. The fraction of sp³-hybridized carbons (Fsp3) is 0.538. The molecule has 1 aromatic rings. The average Bonchev–Trinajstić information content (AvgIpc) is 2.29. The van der Waals surface area contributed by atoms with Crippen LogP contribution in [-0.4, -0.2) is 24.8 Å². The molecule has 3 nitrogen and oxygen atoms in total. The summed E-state index contributed by atoms with van der Waals surface area (Å²) in [4.78, 5) is 0. The van der Waals surface area contributed by atoms with Crippen molar-refractivity contribution in [2.45, 2.75) is 32.9 Å². The van der Waals surface area contributed by atoms with Gasteiger partial charge in [0, 0.05) is 12.1 Å². The molecule has 0 saturated heterocycles.